The average molecular weight is 328 g/mol. The summed E-state index contributed by atoms with van der Waals surface area (Å²) in [5, 5.41) is -0.327. The van der Waals surface area contributed by atoms with Gasteiger partial charge in [-0.1, -0.05) is 0 Å². The lowest BCUT2D eigenvalue weighted by molar-refractivity contribution is 0.562. The second kappa shape index (κ2) is 5.57. The van der Waals surface area contributed by atoms with Gasteiger partial charge in [0, 0.05) is 25.0 Å². The molecule has 1 saturated heterocycles. The van der Waals surface area contributed by atoms with E-state index in [0.29, 0.717) is 31.0 Å². The van der Waals surface area contributed by atoms with Gasteiger partial charge in [-0.15, -0.1) is 11.6 Å². The first-order valence-corrected chi connectivity index (χ1v) is 9.35. The first kappa shape index (κ1) is 14.8. The number of hydrogen-bond acceptors (Lipinski definition) is 4. The van der Waals surface area contributed by atoms with Crippen LogP contribution in [0.15, 0.2) is 12.3 Å². The van der Waals surface area contributed by atoms with Gasteiger partial charge in [0.15, 0.2) is 15.5 Å². The molecular formula is C14H18ClN3O2S. The van der Waals surface area contributed by atoms with Crippen molar-refractivity contribution < 1.29 is 8.42 Å². The van der Waals surface area contributed by atoms with Crippen molar-refractivity contribution in [3.05, 3.63) is 23.7 Å². The van der Waals surface area contributed by atoms with Gasteiger partial charge in [0.05, 0.1) is 11.0 Å². The Labute approximate surface area is 129 Å². The zero-order valence-electron chi connectivity index (χ0n) is 11.9. The standard InChI is InChI=1S/C14H18ClN3O2S/c1-10-7-12-14(16-8-10)18(13(17-12)4-5-15)9-11-3-2-6-21(11,19)20/h7-8,11H,2-6,9H2,1H3. The van der Waals surface area contributed by atoms with E-state index in [9.17, 15) is 8.42 Å². The number of pyridine rings is 1. The van der Waals surface area contributed by atoms with Crippen molar-refractivity contribution >= 4 is 32.6 Å². The molecule has 2 aromatic rings. The monoisotopic (exact) mass is 327 g/mol. The Kier molecular flexibility index (Phi) is 3.92. The van der Waals surface area contributed by atoms with Gasteiger partial charge in [-0.3, -0.25) is 0 Å². The number of aryl methyl sites for hydroxylation is 2. The molecule has 21 heavy (non-hydrogen) atoms. The van der Waals surface area contributed by atoms with Crippen LogP contribution in [0.2, 0.25) is 0 Å². The van der Waals surface area contributed by atoms with Crippen molar-refractivity contribution in [3.63, 3.8) is 0 Å². The van der Waals surface area contributed by atoms with E-state index in [1.807, 2.05) is 17.6 Å². The van der Waals surface area contributed by atoms with Crippen molar-refractivity contribution in [2.45, 2.75) is 38.0 Å². The van der Waals surface area contributed by atoms with Crippen molar-refractivity contribution in [2.75, 3.05) is 11.6 Å². The molecule has 1 aliphatic rings. The maximum atomic E-state index is 12.1. The number of hydrogen-bond donors (Lipinski definition) is 0. The molecule has 0 spiro atoms. The van der Waals surface area contributed by atoms with Crippen molar-refractivity contribution in [1.82, 2.24) is 14.5 Å². The van der Waals surface area contributed by atoms with Gasteiger partial charge in [-0.25, -0.2) is 18.4 Å². The SMILES string of the molecule is Cc1cnc2c(c1)nc(CCCl)n2CC1CCCS1(=O)=O. The first-order chi connectivity index (χ1) is 10.0. The average Bonchev–Trinajstić information content (AvgIpc) is 2.91. The molecule has 7 heteroatoms. The summed E-state index contributed by atoms with van der Waals surface area (Å²) < 4.78 is 26.1. The number of halogens is 1. The highest BCUT2D eigenvalue weighted by Crippen LogP contribution is 2.24. The fraction of sp³-hybridized carbons (Fsp3) is 0.571. The van der Waals surface area contributed by atoms with E-state index < -0.39 is 9.84 Å². The molecule has 0 bridgehead atoms. The van der Waals surface area contributed by atoms with Crippen molar-refractivity contribution in [2.24, 2.45) is 0 Å². The lowest BCUT2D eigenvalue weighted by atomic mass is 10.2. The summed E-state index contributed by atoms with van der Waals surface area (Å²) in [6, 6.07) is 1.97. The summed E-state index contributed by atoms with van der Waals surface area (Å²) in [5.74, 6) is 1.57. The minimum Gasteiger partial charge on any atom is -0.311 e. The third-order valence-electron chi connectivity index (χ3n) is 3.97. The Morgan fingerprint density at radius 3 is 2.95 bits per heavy atom. The normalized spacial score (nSPS) is 21.1. The third-order valence-corrected chi connectivity index (χ3v) is 6.42. The lowest BCUT2D eigenvalue weighted by Crippen LogP contribution is -2.23. The number of nitrogens with zero attached hydrogens (tertiary/aromatic N) is 3. The topological polar surface area (TPSA) is 64.8 Å². The fourth-order valence-corrected chi connectivity index (χ4v) is 4.87. The highest BCUT2D eigenvalue weighted by molar-refractivity contribution is 7.92. The molecule has 1 fully saturated rings. The van der Waals surface area contributed by atoms with Crippen LogP contribution < -0.4 is 0 Å². The molecule has 2 aromatic heterocycles. The molecule has 0 saturated carbocycles. The molecule has 0 aromatic carbocycles. The molecule has 1 aliphatic heterocycles. The van der Waals surface area contributed by atoms with Gasteiger partial charge in [0.2, 0.25) is 0 Å². The number of aromatic nitrogens is 3. The minimum atomic E-state index is -2.98. The van der Waals surface area contributed by atoms with E-state index in [4.69, 9.17) is 11.6 Å². The predicted octanol–water partition coefficient (Wildman–Crippen LogP) is 2.10. The molecule has 0 N–H and O–H groups in total. The van der Waals surface area contributed by atoms with Crippen LogP contribution in [0.5, 0.6) is 0 Å². The second-order valence-corrected chi connectivity index (χ2v) is 8.34. The molecule has 0 radical (unpaired) electrons. The predicted molar refractivity (Wildman–Crippen MR) is 83.5 cm³/mol. The first-order valence-electron chi connectivity index (χ1n) is 7.10. The molecule has 5 nitrogen and oxygen atoms in total. The Morgan fingerprint density at radius 1 is 1.48 bits per heavy atom. The third kappa shape index (κ3) is 2.79. The second-order valence-electron chi connectivity index (χ2n) is 5.56. The number of sulfone groups is 1. The summed E-state index contributed by atoms with van der Waals surface area (Å²) in [4.78, 5) is 9.01. The summed E-state index contributed by atoms with van der Waals surface area (Å²) in [6.07, 6.45) is 3.86. The van der Waals surface area contributed by atoms with Crippen LogP contribution in [-0.2, 0) is 22.8 Å². The van der Waals surface area contributed by atoms with Crippen molar-refractivity contribution in [1.29, 1.82) is 0 Å². The fourth-order valence-electron chi connectivity index (χ4n) is 2.89. The summed E-state index contributed by atoms with van der Waals surface area (Å²) in [5.41, 5.74) is 2.60. The van der Waals surface area contributed by atoms with Crippen molar-refractivity contribution in [3.8, 4) is 0 Å². The largest absolute Gasteiger partial charge is 0.311 e. The zero-order chi connectivity index (χ0) is 15.0. The highest BCUT2D eigenvalue weighted by atomic mass is 35.5. The summed E-state index contributed by atoms with van der Waals surface area (Å²) >= 11 is 5.85. The summed E-state index contributed by atoms with van der Waals surface area (Å²) in [6.45, 7) is 2.40. The molecular weight excluding hydrogens is 310 g/mol. The van der Waals surface area contributed by atoms with Crippen LogP contribution >= 0.6 is 11.6 Å². The van der Waals surface area contributed by atoms with Gasteiger partial charge in [0.25, 0.3) is 0 Å². The maximum Gasteiger partial charge on any atom is 0.160 e. The van der Waals surface area contributed by atoms with Crippen LogP contribution in [0.3, 0.4) is 0 Å². The number of alkyl halides is 1. The Balaban J connectivity index is 2.05. The maximum absolute atomic E-state index is 12.1. The Hall–Kier alpha value is -1.14. The van der Waals surface area contributed by atoms with E-state index in [2.05, 4.69) is 9.97 Å². The van der Waals surface area contributed by atoms with Gasteiger partial charge in [0.1, 0.15) is 11.3 Å². The van der Waals surface area contributed by atoms with Gasteiger partial charge < -0.3 is 4.57 Å². The zero-order valence-corrected chi connectivity index (χ0v) is 13.5. The number of rotatable bonds is 4. The molecule has 114 valence electrons. The Morgan fingerprint density at radius 2 is 2.29 bits per heavy atom. The highest BCUT2D eigenvalue weighted by Gasteiger charge is 2.32. The number of fused-ring (bicyclic) bond motifs is 1. The smallest absolute Gasteiger partial charge is 0.160 e. The van der Waals surface area contributed by atoms with Crippen LogP contribution in [0.4, 0.5) is 0 Å². The molecule has 1 unspecified atom stereocenters. The quantitative estimate of drug-likeness (QED) is 0.807. The van der Waals surface area contributed by atoms with Gasteiger partial charge in [-0.2, -0.15) is 0 Å². The van der Waals surface area contributed by atoms with E-state index in [-0.39, 0.29) is 5.25 Å². The Bertz CT molecular complexity index is 770. The molecule has 0 amide bonds. The van der Waals surface area contributed by atoms with E-state index in [0.717, 1.165) is 29.0 Å². The lowest BCUT2D eigenvalue weighted by Gasteiger charge is -2.13. The van der Waals surface area contributed by atoms with Gasteiger partial charge >= 0.3 is 0 Å². The number of imidazole rings is 1. The summed E-state index contributed by atoms with van der Waals surface area (Å²) in [7, 11) is -2.98. The molecule has 3 rings (SSSR count). The van der Waals surface area contributed by atoms with Crippen LogP contribution in [0.25, 0.3) is 11.2 Å². The molecule has 1 atom stereocenters. The van der Waals surface area contributed by atoms with Gasteiger partial charge in [-0.05, 0) is 31.4 Å². The van der Waals surface area contributed by atoms with E-state index in [1.54, 1.807) is 6.20 Å². The minimum absolute atomic E-state index is 0.293. The van der Waals surface area contributed by atoms with E-state index in [1.165, 1.54) is 0 Å². The molecule has 3 heterocycles. The molecule has 0 aliphatic carbocycles. The van der Waals surface area contributed by atoms with Crippen LogP contribution in [0.1, 0.15) is 24.2 Å². The van der Waals surface area contributed by atoms with Crippen LogP contribution in [-0.4, -0.2) is 39.8 Å². The van der Waals surface area contributed by atoms with Crippen LogP contribution in [0, 0.1) is 6.92 Å². The van der Waals surface area contributed by atoms with E-state index >= 15 is 0 Å².